The maximum Gasteiger partial charge on any atom is 0.340 e. The van der Waals surface area contributed by atoms with Crippen molar-refractivity contribution < 1.29 is 22.7 Å². The Morgan fingerprint density at radius 3 is 2.55 bits per heavy atom. The lowest BCUT2D eigenvalue weighted by Gasteiger charge is -2.39. The quantitative estimate of drug-likeness (QED) is 0.353. The minimum Gasteiger partial charge on any atom is -0.474 e. The molecule has 0 amide bonds. The smallest absolute Gasteiger partial charge is 0.340 e. The Labute approximate surface area is 235 Å². The number of carbonyl (C=O) groups excluding carboxylic acids is 1. The molecule has 5 rings (SSSR count). The van der Waals surface area contributed by atoms with Gasteiger partial charge in [0, 0.05) is 24.2 Å². The summed E-state index contributed by atoms with van der Waals surface area (Å²) in [5.74, 6) is 1.18. The van der Waals surface area contributed by atoms with Crippen LogP contribution in [0, 0.1) is 0 Å². The molecule has 3 N–H and O–H groups in total. The minimum absolute atomic E-state index is 0.0250. The van der Waals surface area contributed by atoms with Crippen molar-refractivity contribution in [2.75, 3.05) is 17.3 Å². The van der Waals surface area contributed by atoms with Gasteiger partial charge < -0.3 is 20.5 Å². The van der Waals surface area contributed by atoms with Crippen LogP contribution in [0.5, 0.6) is 5.88 Å². The number of sulfone groups is 1. The van der Waals surface area contributed by atoms with E-state index in [9.17, 15) is 13.2 Å². The standard InChI is InChI=1S/C29H37N5O5S/c1-7-28(5,30)21-16-32-25(38-17(2)10-13-40(6,36)37)20-15-31-23(14-19(20)21)33-22-9-8-18-24(34-22)29(11-12-29)27(3,4)39-26(18)35/h8-9,14-17H,7,10-13,30H2,1-6H3,(H,31,33,34)/t17-,28?/m1/s1. The van der Waals surface area contributed by atoms with E-state index in [1.54, 1.807) is 24.5 Å². The summed E-state index contributed by atoms with van der Waals surface area (Å²) < 4.78 is 35.0. The number of esters is 1. The van der Waals surface area contributed by atoms with E-state index in [4.69, 9.17) is 20.2 Å². The first kappa shape index (κ1) is 28.2. The molecule has 1 spiro atoms. The Kier molecular flexibility index (Phi) is 6.81. The molecule has 214 valence electrons. The number of aromatic nitrogens is 3. The number of pyridine rings is 3. The highest BCUT2D eigenvalue weighted by atomic mass is 32.2. The number of nitrogens with zero attached hydrogens (tertiary/aromatic N) is 3. The summed E-state index contributed by atoms with van der Waals surface area (Å²) in [5, 5.41) is 4.81. The van der Waals surface area contributed by atoms with Gasteiger partial charge in [0.1, 0.15) is 27.1 Å². The van der Waals surface area contributed by atoms with E-state index in [1.807, 2.05) is 40.7 Å². The molecule has 3 aromatic heterocycles. The van der Waals surface area contributed by atoms with E-state index in [-0.39, 0.29) is 23.2 Å². The van der Waals surface area contributed by atoms with Crippen LogP contribution in [0.3, 0.4) is 0 Å². The van der Waals surface area contributed by atoms with Gasteiger partial charge in [-0.25, -0.2) is 28.2 Å². The van der Waals surface area contributed by atoms with E-state index in [0.717, 1.165) is 29.5 Å². The Morgan fingerprint density at radius 1 is 1.18 bits per heavy atom. The maximum absolute atomic E-state index is 12.6. The fraction of sp³-hybridized carbons (Fsp3) is 0.517. The predicted molar refractivity (Wildman–Crippen MR) is 154 cm³/mol. The first-order valence-corrected chi connectivity index (χ1v) is 15.7. The number of hydrogen-bond acceptors (Lipinski definition) is 10. The van der Waals surface area contributed by atoms with Crippen LogP contribution in [0.2, 0.25) is 0 Å². The van der Waals surface area contributed by atoms with Gasteiger partial charge in [0.2, 0.25) is 5.88 Å². The van der Waals surface area contributed by atoms with Crippen LogP contribution in [0.4, 0.5) is 11.6 Å². The summed E-state index contributed by atoms with van der Waals surface area (Å²) in [7, 11) is -3.11. The molecule has 0 radical (unpaired) electrons. The number of hydrogen-bond donors (Lipinski definition) is 2. The number of ether oxygens (including phenoxy) is 2. The van der Waals surface area contributed by atoms with Crippen molar-refractivity contribution in [2.24, 2.45) is 5.73 Å². The molecule has 1 aliphatic heterocycles. The highest BCUT2D eigenvalue weighted by Crippen LogP contribution is 2.59. The number of rotatable bonds is 9. The molecule has 2 atom stereocenters. The molecule has 0 aromatic carbocycles. The third kappa shape index (κ3) is 5.12. The highest BCUT2D eigenvalue weighted by Gasteiger charge is 2.63. The second kappa shape index (κ2) is 9.66. The summed E-state index contributed by atoms with van der Waals surface area (Å²) in [6.07, 6.45) is 7.10. The van der Waals surface area contributed by atoms with Gasteiger partial charge in [-0.15, -0.1) is 0 Å². The molecule has 1 fully saturated rings. The monoisotopic (exact) mass is 567 g/mol. The molecule has 1 saturated carbocycles. The van der Waals surface area contributed by atoms with E-state index in [0.29, 0.717) is 41.3 Å². The maximum atomic E-state index is 12.6. The number of nitrogens with one attached hydrogen (secondary N) is 1. The molecule has 0 bridgehead atoms. The number of nitrogens with two attached hydrogens (primary N) is 1. The van der Waals surface area contributed by atoms with Crippen LogP contribution >= 0.6 is 0 Å². The van der Waals surface area contributed by atoms with Crippen LogP contribution in [0.25, 0.3) is 10.8 Å². The Bertz CT molecular complexity index is 1600. The van der Waals surface area contributed by atoms with Crippen LogP contribution in [0.1, 0.15) is 81.9 Å². The first-order chi connectivity index (χ1) is 18.7. The molecule has 2 aliphatic rings. The number of anilines is 2. The largest absolute Gasteiger partial charge is 0.474 e. The van der Waals surface area contributed by atoms with Gasteiger partial charge in [0.25, 0.3) is 0 Å². The number of carbonyl (C=O) groups is 1. The summed E-state index contributed by atoms with van der Waals surface area (Å²) >= 11 is 0. The van der Waals surface area contributed by atoms with Crippen molar-refractivity contribution in [1.29, 1.82) is 0 Å². The van der Waals surface area contributed by atoms with Gasteiger partial charge in [-0.2, -0.15) is 0 Å². The molecule has 0 saturated heterocycles. The molecule has 1 aliphatic carbocycles. The zero-order valence-electron chi connectivity index (χ0n) is 23.9. The fourth-order valence-corrected chi connectivity index (χ4v) is 6.13. The molecular formula is C29H37N5O5S. The summed E-state index contributed by atoms with van der Waals surface area (Å²) in [6, 6.07) is 5.41. The average molecular weight is 568 g/mol. The lowest BCUT2D eigenvalue weighted by molar-refractivity contribution is -0.0285. The van der Waals surface area contributed by atoms with Crippen LogP contribution in [0.15, 0.2) is 30.6 Å². The molecule has 40 heavy (non-hydrogen) atoms. The molecule has 10 nitrogen and oxygen atoms in total. The van der Waals surface area contributed by atoms with Crippen molar-refractivity contribution in [2.45, 2.75) is 83.0 Å². The first-order valence-electron chi connectivity index (χ1n) is 13.6. The van der Waals surface area contributed by atoms with Gasteiger partial charge in [0.15, 0.2) is 0 Å². The van der Waals surface area contributed by atoms with Gasteiger partial charge in [-0.05, 0) is 82.5 Å². The van der Waals surface area contributed by atoms with Crippen molar-refractivity contribution in [1.82, 2.24) is 15.0 Å². The van der Waals surface area contributed by atoms with Crippen molar-refractivity contribution in [3.05, 3.63) is 47.4 Å². The number of fused-ring (bicyclic) bond motifs is 3. The Balaban J connectivity index is 1.50. The highest BCUT2D eigenvalue weighted by molar-refractivity contribution is 7.90. The van der Waals surface area contributed by atoms with Crippen LogP contribution in [-0.2, 0) is 25.5 Å². The normalized spacial score (nSPS) is 19.4. The Hall–Kier alpha value is -3.31. The van der Waals surface area contributed by atoms with Gasteiger partial charge in [-0.1, -0.05) is 6.92 Å². The van der Waals surface area contributed by atoms with E-state index < -0.39 is 21.0 Å². The predicted octanol–water partition coefficient (Wildman–Crippen LogP) is 4.53. The molecule has 11 heteroatoms. The fourth-order valence-electron chi connectivity index (χ4n) is 5.37. The van der Waals surface area contributed by atoms with E-state index >= 15 is 0 Å². The molecule has 4 heterocycles. The zero-order chi connectivity index (χ0) is 29.1. The van der Waals surface area contributed by atoms with Gasteiger partial charge >= 0.3 is 5.97 Å². The third-order valence-corrected chi connectivity index (χ3v) is 9.35. The van der Waals surface area contributed by atoms with Crippen molar-refractivity contribution in [3.63, 3.8) is 0 Å². The van der Waals surface area contributed by atoms with E-state index in [2.05, 4.69) is 15.3 Å². The second-order valence-corrected chi connectivity index (χ2v) is 14.2. The average Bonchev–Trinajstić information content (AvgIpc) is 3.69. The van der Waals surface area contributed by atoms with Crippen molar-refractivity contribution in [3.8, 4) is 5.88 Å². The molecular weight excluding hydrogens is 530 g/mol. The van der Waals surface area contributed by atoms with Gasteiger partial charge in [0.05, 0.1) is 33.9 Å². The zero-order valence-corrected chi connectivity index (χ0v) is 24.7. The Morgan fingerprint density at radius 2 is 1.90 bits per heavy atom. The SMILES string of the molecule is CCC(C)(N)c1cnc(O[C@H](C)CCS(C)(=O)=O)c2cnc(Nc3ccc4c(n3)C3(CC3)C(C)(C)OC4=O)cc12. The summed E-state index contributed by atoms with van der Waals surface area (Å²) in [6.45, 7) is 9.68. The van der Waals surface area contributed by atoms with Crippen molar-refractivity contribution >= 4 is 38.2 Å². The van der Waals surface area contributed by atoms with Crippen LogP contribution < -0.4 is 15.8 Å². The number of cyclic esters (lactones) is 1. The molecule has 3 aromatic rings. The lowest BCUT2D eigenvalue weighted by Crippen LogP contribution is -2.46. The second-order valence-electron chi connectivity index (χ2n) is 11.9. The van der Waals surface area contributed by atoms with E-state index in [1.165, 1.54) is 6.26 Å². The summed E-state index contributed by atoms with van der Waals surface area (Å²) in [4.78, 5) is 26.7. The third-order valence-electron chi connectivity index (χ3n) is 8.37. The topological polar surface area (TPSA) is 146 Å². The van der Waals surface area contributed by atoms with Crippen LogP contribution in [-0.4, -0.2) is 53.1 Å². The van der Waals surface area contributed by atoms with Gasteiger partial charge in [-0.3, -0.25) is 0 Å². The summed E-state index contributed by atoms with van der Waals surface area (Å²) in [5.41, 5.74) is 7.23. The molecule has 1 unspecified atom stereocenters. The lowest BCUT2D eigenvalue weighted by atomic mass is 9.80. The minimum atomic E-state index is -3.11.